The van der Waals surface area contributed by atoms with E-state index in [2.05, 4.69) is 253 Å². The van der Waals surface area contributed by atoms with Crippen LogP contribution in [0, 0.1) is 13.8 Å². The summed E-state index contributed by atoms with van der Waals surface area (Å²) in [6.07, 6.45) is 17.7. The van der Waals surface area contributed by atoms with E-state index in [9.17, 15) is 0 Å². The lowest BCUT2D eigenvalue weighted by Crippen LogP contribution is -1.96. The third-order valence-electron chi connectivity index (χ3n) is 17.0. The second kappa shape index (κ2) is 26.5. The van der Waals surface area contributed by atoms with Crippen LogP contribution < -0.4 is 10.6 Å². The molecule has 0 heterocycles. The lowest BCUT2D eigenvalue weighted by Gasteiger charge is -2.21. The number of nitrogens with one attached hydrogen (secondary N) is 2. The van der Waals surface area contributed by atoms with Crippen LogP contribution in [0.2, 0.25) is 0 Å². The highest BCUT2D eigenvalue weighted by Crippen LogP contribution is 2.45. The maximum absolute atomic E-state index is 3.74. The van der Waals surface area contributed by atoms with Crippen molar-refractivity contribution in [2.24, 2.45) is 0 Å². The van der Waals surface area contributed by atoms with Gasteiger partial charge in [0.2, 0.25) is 0 Å². The molecular weight excluding hydrogens is 965 g/mol. The number of hydrogen-bond donors (Lipinski definition) is 2. The molecule has 0 aliphatic carbocycles. The summed E-state index contributed by atoms with van der Waals surface area (Å²) in [5.74, 6) is 0.597. The van der Waals surface area contributed by atoms with E-state index in [-0.39, 0.29) is 0 Å². The van der Waals surface area contributed by atoms with Crippen molar-refractivity contribution in [3.8, 4) is 55.6 Å². The minimum Gasteiger partial charge on any atom is -0.356 e. The zero-order valence-electron chi connectivity index (χ0n) is 49.0. The van der Waals surface area contributed by atoms with Crippen LogP contribution in [0.15, 0.2) is 194 Å². The SMILES string of the molecule is CCCCCCCCc1ccc(-c2ccc(Nc3ccc(-c4cc(C)c(-c5c(C)cc(-c6ccc(Nc7ccc(-c8ccc(C(C)CCCCCC)cc8)c(CC)c7)cc6)c6ccccc56)c5ccccc45)cc3)cc2CC)cc1. The van der Waals surface area contributed by atoms with Crippen LogP contribution in [-0.4, -0.2) is 0 Å². The largest absolute Gasteiger partial charge is 0.356 e. The van der Waals surface area contributed by atoms with Gasteiger partial charge in [-0.05, 0) is 211 Å². The van der Waals surface area contributed by atoms with Gasteiger partial charge in [-0.3, -0.25) is 0 Å². The fraction of sp³-hybridized carbons (Fsp3) is 0.282. The molecule has 0 bridgehead atoms. The number of anilines is 4. The van der Waals surface area contributed by atoms with Crippen molar-refractivity contribution >= 4 is 44.3 Å². The monoisotopic (exact) mass is 1050 g/mol. The van der Waals surface area contributed by atoms with Crippen LogP contribution in [0.25, 0.3) is 77.2 Å². The third-order valence-corrected chi connectivity index (χ3v) is 17.0. The molecule has 0 aliphatic heterocycles. The first-order chi connectivity index (χ1) is 39.2. The molecule has 1 atom stereocenters. The molecule has 0 fully saturated rings. The molecule has 2 N–H and O–H groups in total. The molecule has 2 heteroatoms. The molecule has 10 rings (SSSR count). The van der Waals surface area contributed by atoms with E-state index in [1.807, 2.05) is 0 Å². The quantitative estimate of drug-likeness (QED) is 0.0590. The molecule has 2 nitrogen and oxygen atoms in total. The molecule has 10 aromatic rings. The van der Waals surface area contributed by atoms with Gasteiger partial charge in [0.05, 0.1) is 0 Å². The number of fused-ring (bicyclic) bond motifs is 2. The zero-order chi connectivity index (χ0) is 55.4. The van der Waals surface area contributed by atoms with Gasteiger partial charge < -0.3 is 10.6 Å². The highest BCUT2D eigenvalue weighted by molar-refractivity contribution is 6.14. The van der Waals surface area contributed by atoms with E-state index in [0.717, 1.165) is 35.6 Å². The molecular formula is C78H84N2. The molecule has 0 spiro atoms. The maximum Gasteiger partial charge on any atom is 0.0387 e. The van der Waals surface area contributed by atoms with Gasteiger partial charge in [0.1, 0.15) is 0 Å². The molecule has 80 heavy (non-hydrogen) atoms. The van der Waals surface area contributed by atoms with Gasteiger partial charge in [0, 0.05) is 22.7 Å². The van der Waals surface area contributed by atoms with Crippen molar-refractivity contribution in [2.45, 2.75) is 144 Å². The Morgan fingerprint density at radius 2 is 0.738 bits per heavy atom. The molecule has 406 valence electrons. The second-order valence-electron chi connectivity index (χ2n) is 22.8. The summed E-state index contributed by atoms with van der Waals surface area (Å²) >= 11 is 0. The summed E-state index contributed by atoms with van der Waals surface area (Å²) in [6.45, 7) is 16.1. The second-order valence-corrected chi connectivity index (χ2v) is 22.8. The Kier molecular flexibility index (Phi) is 18.4. The van der Waals surface area contributed by atoms with Crippen molar-refractivity contribution < 1.29 is 0 Å². The van der Waals surface area contributed by atoms with Gasteiger partial charge in [-0.1, -0.05) is 238 Å². The number of unbranched alkanes of at least 4 members (excludes halogenated alkanes) is 8. The average Bonchev–Trinajstić information content (AvgIpc) is 3.58. The predicted octanol–water partition coefficient (Wildman–Crippen LogP) is 23.5. The minimum atomic E-state index is 0.597. The van der Waals surface area contributed by atoms with Crippen molar-refractivity contribution in [1.82, 2.24) is 0 Å². The first kappa shape index (κ1) is 55.6. The number of hydrogen-bond acceptors (Lipinski definition) is 2. The van der Waals surface area contributed by atoms with E-state index >= 15 is 0 Å². The Labute approximate surface area is 479 Å². The van der Waals surface area contributed by atoms with E-state index in [4.69, 9.17) is 0 Å². The van der Waals surface area contributed by atoms with Crippen LogP contribution in [0.4, 0.5) is 22.7 Å². The summed E-state index contributed by atoms with van der Waals surface area (Å²) in [6, 6.07) is 73.2. The fourth-order valence-corrected chi connectivity index (χ4v) is 12.5. The Balaban J connectivity index is 0.846. The predicted molar refractivity (Wildman–Crippen MR) is 351 cm³/mol. The highest BCUT2D eigenvalue weighted by atomic mass is 14.9. The summed E-state index contributed by atoms with van der Waals surface area (Å²) in [5.41, 5.74) is 25.3. The summed E-state index contributed by atoms with van der Waals surface area (Å²) < 4.78 is 0. The van der Waals surface area contributed by atoms with Crippen molar-refractivity contribution in [3.05, 3.63) is 228 Å². The number of benzene rings is 10. The Hall–Kier alpha value is -7.68. The molecule has 0 radical (unpaired) electrons. The lowest BCUT2D eigenvalue weighted by molar-refractivity contribution is 0.580. The Morgan fingerprint density at radius 3 is 1.20 bits per heavy atom. The normalized spacial score (nSPS) is 11.8. The van der Waals surface area contributed by atoms with E-state index in [1.165, 1.54) is 188 Å². The van der Waals surface area contributed by atoms with E-state index < -0.39 is 0 Å². The van der Waals surface area contributed by atoms with Crippen LogP contribution in [0.1, 0.15) is 145 Å². The number of rotatable bonds is 24. The van der Waals surface area contributed by atoms with Gasteiger partial charge in [0.15, 0.2) is 0 Å². The molecule has 0 aromatic heterocycles. The maximum atomic E-state index is 3.74. The van der Waals surface area contributed by atoms with E-state index in [0.29, 0.717) is 5.92 Å². The molecule has 10 aromatic carbocycles. The van der Waals surface area contributed by atoms with Crippen molar-refractivity contribution in [2.75, 3.05) is 10.6 Å². The standard InChI is InChI=1S/C78H84N2/c1-8-12-14-16-17-19-25-57-30-32-61(33-31-57)69-48-46-67(52-58(69)10-3)79-65-42-38-63(39-43-65)75-50-55(6)77(73-28-22-20-26-71(73)75)78-56(7)51-76(72-27-21-23-29-74(72)78)64-40-44-66(45-41-64)80-68-47-49-70(59(11-4)53-68)62-36-34-60(35-37-62)54(5)24-18-15-13-9-2/h20-23,26-54,79-80H,8-19,24-25H2,1-7H3. The van der Waals surface area contributed by atoms with Crippen LogP contribution in [-0.2, 0) is 19.3 Å². The smallest absolute Gasteiger partial charge is 0.0387 e. The summed E-state index contributed by atoms with van der Waals surface area (Å²) in [4.78, 5) is 0. The lowest BCUT2D eigenvalue weighted by atomic mass is 9.83. The molecule has 0 amide bonds. The van der Waals surface area contributed by atoms with Gasteiger partial charge in [0.25, 0.3) is 0 Å². The van der Waals surface area contributed by atoms with Crippen LogP contribution >= 0.6 is 0 Å². The minimum absolute atomic E-state index is 0.597. The average molecular weight is 1050 g/mol. The van der Waals surface area contributed by atoms with Crippen molar-refractivity contribution in [3.63, 3.8) is 0 Å². The van der Waals surface area contributed by atoms with Gasteiger partial charge in [-0.25, -0.2) is 0 Å². The first-order valence-electron chi connectivity index (χ1n) is 30.5. The van der Waals surface area contributed by atoms with Crippen molar-refractivity contribution in [1.29, 1.82) is 0 Å². The van der Waals surface area contributed by atoms with Crippen LogP contribution in [0.3, 0.4) is 0 Å². The Morgan fingerprint density at radius 1 is 0.350 bits per heavy atom. The summed E-state index contributed by atoms with van der Waals surface area (Å²) in [7, 11) is 0. The topological polar surface area (TPSA) is 24.1 Å². The summed E-state index contributed by atoms with van der Waals surface area (Å²) in [5, 5.41) is 12.5. The highest BCUT2D eigenvalue weighted by Gasteiger charge is 2.20. The molecule has 0 saturated heterocycles. The van der Waals surface area contributed by atoms with E-state index in [1.54, 1.807) is 0 Å². The van der Waals surface area contributed by atoms with Gasteiger partial charge >= 0.3 is 0 Å². The molecule has 0 saturated carbocycles. The van der Waals surface area contributed by atoms with Crippen LogP contribution in [0.5, 0.6) is 0 Å². The van der Waals surface area contributed by atoms with Gasteiger partial charge in [-0.2, -0.15) is 0 Å². The van der Waals surface area contributed by atoms with Gasteiger partial charge in [-0.15, -0.1) is 0 Å². The zero-order valence-corrected chi connectivity index (χ0v) is 49.0. The molecule has 0 aliphatic rings. The Bertz CT molecular complexity index is 3660. The third kappa shape index (κ3) is 12.8. The molecule has 1 unspecified atom stereocenters. The fourth-order valence-electron chi connectivity index (χ4n) is 12.5. The first-order valence-corrected chi connectivity index (χ1v) is 30.5. The number of aryl methyl sites for hydroxylation is 5.